The number of amides is 2. The fourth-order valence-electron chi connectivity index (χ4n) is 4.31. The van der Waals surface area contributed by atoms with Crippen LogP contribution < -0.4 is 15.5 Å². The Balaban J connectivity index is 2.02. The van der Waals surface area contributed by atoms with Gasteiger partial charge in [-0.05, 0) is 61.3 Å². The minimum atomic E-state index is -0.504. The molecule has 6 heteroatoms. The van der Waals surface area contributed by atoms with Gasteiger partial charge in [0.15, 0.2) is 0 Å². The number of hydrogen-bond donors (Lipinski definition) is 3. The van der Waals surface area contributed by atoms with Gasteiger partial charge in [-0.1, -0.05) is 57.5 Å². The normalized spacial score (nSPS) is 24.0. The molecule has 0 radical (unpaired) electrons. The Bertz CT molecular complexity index is 653. The van der Waals surface area contributed by atoms with Crippen LogP contribution in [-0.4, -0.2) is 30.4 Å². The van der Waals surface area contributed by atoms with Gasteiger partial charge < -0.3 is 10.6 Å². The average Bonchev–Trinajstić information content (AvgIpc) is 2.71. The van der Waals surface area contributed by atoms with Gasteiger partial charge in [0.25, 0.3) is 0 Å². The van der Waals surface area contributed by atoms with Gasteiger partial charge in [0.2, 0.25) is 11.8 Å². The molecule has 1 aromatic carbocycles. The molecule has 0 saturated heterocycles. The zero-order chi connectivity index (χ0) is 21.4. The number of carbonyl (C=O) groups is 2. The first-order valence-electron chi connectivity index (χ1n) is 10.8. The van der Waals surface area contributed by atoms with Gasteiger partial charge in [-0.25, -0.2) is 4.84 Å². The van der Waals surface area contributed by atoms with Crippen LogP contribution in [0.3, 0.4) is 0 Å². The summed E-state index contributed by atoms with van der Waals surface area (Å²) in [7, 11) is 0. The van der Waals surface area contributed by atoms with Gasteiger partial charge in [-0.15, -0.1) is 0 Å². The Kier molecular flexibility index (Phi) is 9.44. The molecule has 162 valence electrons. The maximum Gasteiger partial charge on any atom is 0.238 e. The van der Waals surface area contributed by atoms with E-state index in [9.17, 15) is 9.59 Å². The highest BCUT2D eigenvalue weighted by molar-refractivity contribution is 6.15. The van der Waals surface area contributed by atoms with Gasteiger partial charge in [0.1, 0.15) is 0 Å². The lowest BCUT2D eigenvalue weighted by molar-refractivity contribution is -0.130. The molecule has 0 spiro atoms. The summed E-state index contributed by atoms with van der Waals surface area (Å²) in [6.45, 7) is 8.76. The van der Waals surface area contributed by atoms with Crippen molar-refractivity contribution in [1.82, 2.24) is 15.5 Å². The van der Waals surface area contributed by atoms with Crippen molar-refractivity contribution in [2.75, 3.05) is 6.54 Å². The molecule has 1 fully saturated rings. The molecular weight excluding hydrogens is 386 g/mol. The summed E-state index contributed by atoms with van der Waals surface area (Å²) >= 11 is 5.60. The molecule has 2 amide bonds. The van der Waals surface area contributed by atoms with Crippen molar-refractivity contribution < 1.29 is 9.59 Å². The first kappa shape index (κ1) is 23.7. The highest BCUT2D eigenvalue weighted by atomic mass is 35.5. The maximum atomic E-state index is 13.0. The van der Waals surface area contributed by atoms with Crippen LogP contribution >= 0.6 is 11.8 Å². The molecule has 2 rings (SSSR count). The first-order chi connectivity index (χ1) is 13.8. The maximum absolute atomic E-state index is 13.0. The Morgan fingerprint density at radius 1 is 1.14 bits per heavy atom. The third-order valence-electron chi connectivity index (χ3n) is 6.11. The summed E-state index contributed by atoms with van der Waals surface area (Å²) < 4.78 is 0. The molecule has 1 aliphatic rings. The van der Waals surface area contributed by atoms with Crippen LogP contribution in [0, 0.1) is 23.7 Å². The molecule has 0 heterocycles. The average molecular weight is 422 g/mol. The van der Waals surface area contributed by atoms with Gasteiger partial charge in [-0.2, -0.15) is 0 Å². The van der Waals surface area contributed by atoms with E-state index in [1.165, 1.54) is 6.42 Å². The SMILES string of the molecule is CC(C)[C@@H]1CC[C@@H](C)C[C@H]1C(=O)NC[C@H](Cc1ccccc1)NC(=O)[C@@H](C)NCl. The van der Waals surface area contributed by atoms with Crippen molar-refractivity contribution >= 4 is 23.6 Å². The van der Waals surface area contributed by atoms with Crippen molar-refractivity contribution in [3.05, 3.63) is 35.9 Å². The summed E-state index contributed by atoms with van der Waals surface area (Å²) in [6, 6.07) is 9.28. The summed E-state index contributed by atoms with van der Waals surface area (Å²) in [5, 5.41) is 6.15. The van der Waals surface area contributed by atoms with Crippen molar-refractivity contribution in [2.24, 2.45) is 23.7 Å². The smallest absolute Gasteiger partial charge is 0.238 e. The van der Waals surface area contributed by atoms with E-state index >= 15 is 0 Å². The fourth-order valence-corrected chi connectivity index (χ4v) is 4.41. The molecule has 0 unspecified atom stereocenters. The van der Waals surface area contributed by atoms with E-state index in [0.717, 1.165) is 18.4 Å². The highest BCUT2D eigenvalue weighted by Gasteiger charge is 2.35. The number of benzene rings is 1. The molecule has 1 aromatic rings. The van der Waals surface area contributed by atoms with Crippen LogP contribution in [0.15, 0.2) is 30.3 Å². The summed E-state index contributed by atoms with van der Waals surface area (Å²) in [5.41, 5.74) is 1.12. The number of halogens is 1. The number of carbonyl (C=O) groups excluding carboxylic acids is 2. The van der Waals surface area contributed by atoms with E-state index in [1.54, 1.807) is 6.92 Å². The van der Waals surface area contributed by atoms with Crippen LogP contribution in [-0.2, 0) is 16.0 Å². The molecule has 1 saturated carbocycles. The lowest BCUT2D eigenvalue weighted by Gasteiger charge is -2.36. The monoisotopic (exact) mass is 421 g/mol. The van der Waals surface area contributed by atoms with E-state index in [4.69, 9.17) is 11.8 Å². The minimum absolute atomic E-state index is 0.0512. The quantitative estimate of drug-likeness (QED) is 0.533. The number of hydrogen-bond acceptors (Lipinski definition) is 3. The van der Waals surface area contributed by atoms with E-state index < -0.39 is 6.04 Å². The summed E-state index contributed by atoms with van der Waals surface area (Å²) in [5.74, 6) is 1.49. The topological polar surface area (TPSA) is 70.2 Å². The van der Waals surface area contributed by atoms with Crippen molar-refractivity contribution in [3.63, 3.8) is 0 Å². The van der Waals surface area contributed by atoms with Crippen LogP contribution in [0.1, 0.15) is 52.5 Å². The van der Waals surface area contributed by atoms with E-state index in [-0.39, 0.29) is 23.8 Å². The zero-order valence-corrected chi connectivity index (χ0v) is 18.8. The molecule has 3 N–H and O–H groups in total. The second-order valence-corrected chi connectivity index (χ2v) is 9.12. The second-order valence-electron chi connectivity index (χ2n) is 8.90. The van der Waals surface area contributed by atoms with E-state index in [0.29, 0.717) is 30.7 Å². The molecule has 5 atom stereocenters. The highest BCUT2D eigenvalue weighted by Crippen LogP contribution is 2.38. The fraction of sp³-hybridized carbons (Fsp3) is 0.652. The first-order valence-corrected chi connectivity index (χ1v) is 11.2. The largest absolute Gasteiger partial charge is 0.354 e. The van der Waals surface area contributed by atoms with Crippen LogP contribution in [0.2, 0.25) is 0 Å². The molecule has 1 aliphatic carbocycles. The minimum Gasteiger partial charge on any atom is -0.354 e. The molecule has 5 nitrogen and oxygen atoms in total. The lowest BCUT2D eigenvalue weighted by atomic mass is 9.70. The third-order valence-corrected chi connectivity index (χ3v) is 6.44. The Hall–Kier alpha value is -1.59. The van der Waals surface area contributed by atoms with Crippen molar-refractivity contribution in [1.29, 1.82) is 0 Å². The van der Waals surface area contributed by atoms with Crippen molar-refractivity contribution in [3.8, 4) is 0 Å². The molecule has 0 aromatic heterocycles. The molecular formula is C23H36ClN3O2. The van der Waals surface area contributed by atoms with Crippen LogP contribution in [0.4, 0.5) is 0 Å². The number of rotatable bonds is 9. The Morgan fingerprint density at radius 2 is 1.83 bits per heavy atom. The van der Waals surface area contributed by atoms with Gasteiger partial charge in [0.05, 0.1) is 12.1 Å². The van der Waals surface area contributed by atoms with Gasteiger partial charge in [0, 0.05) is 12.5 Å². The zero-order valence-electron chi connectivity index (χ0n) is 18.1. The van der Waals surface area contributed by atoms with E-state index in [2.05, 4.69) is 36.2 Å². The molecule has 0 aliphatic heterocycles. The van der Waals surface area contributed by atoms with Crippen LogP contribution in [0.5, 0.6) is 0 Å². The summed E-state index contributed by atoms with van der Waals surface area (Å²) in [6.07, 6.45) is 3.90. The van der Waals surface area contributed by atoms with Gasteiger partial charge >= 0.3 is 0 Å². The Morgan fingerprint density at radius 3 is 2.45 bits per heavy atom. The van der Waals surface area contributed by atoms with Crippen molar-refractivity contribution in [2.45, 2.75) is 65.5 Å². The Labute approximate surface area is 180 Å². The standard InChI is InChI=1S/C23H36ClN3O2/c1-15(2)20-11-10-16(3)12-21(20)23(29)25-14-19(26-22(28)17(4)27-24)13-18-8-6-5-7-9-18/h5-9,15-17,19-21,27H,10-14H2,1-4H3,(H,25,29)(H,26,28)/t16-,17-,19+,20+,21-/m1/s1. The molecule has 0 bridgehead atoms. The van der Waals surface area contributed by atoms with Gasteiger partial charge in [-0.3, -0.25) is 9.59 Å². The third kappa shape index (κ3) is 7.31. The lowest BCUT2D eigenvalue weighted by Crippen LogP contribution is -2.51. The number of nitrogens with one attached hydrogen (secondary N) is 3. The second kappa shape index (κ2) is 11.6. The molecule has 29 heavy (non-hydrogen) atoms. The predicted molar refractivity (Wildman–Crippen MR) is 118 cm³/mol. The summed E-state index contributed by atoms with van der Waals surface area (Å²) in [4.78, 5) is 27.8. The predicted octanol–water partition coefficient (Wildman–Crippen LogP) is 3.67. The van der Waals surface area contributed by atoms with Crippen LogP contribution in [0.25, 0.3) is 0 Å². The van der Waals surface area contributed by atoms with E-state index in [1.807, 2.05) is 30.3 Å².